The van der Waals surface area contributed by atoms with Gasteiger partial charge in [-0.3, -0.25) is 4.79 Å². The third kappa shape index (κ3) is 4.51. The molecule has 0 saturated carbocycles. The average Bonchev–Trinajstić information content (AvgIpc) is 3.27. The second-order valence-electron chi connectivity index (χ2n) is 5.57. The quantitative estimate of drug-likeness (QED) is 0.566. The minimum Gasteiger partial charge on any atom is -0.484 e. The predicted octanol–water partition coefficient (Wildman–Crippen LogP) is 0.418. The molecule has 0 atom stereocenters. The van der Waals surface area contributed by atoms with Crippen LogP contribution < -0.4 is 15.2 Å². The summed E-state index contributed by atoms with van der Waals surface area (Å²) in [4.78, 5) is 14.9. The molecule has 0 saturated heterocycles. The Bertz CT molecular complexity index is 1040. The molecule has 0 bridgehead atoms. The van der Waals surface area contributed by atoms with Crippen molar-refractivity contribution < 1.29 is 22.5 Å². The van der Waals surface area contributed by atoms with Crippen molar-refractivity contribution in [2.45, 2.75) is 11.4 Å². The number of carbonyl (C=O) groups is 1. The normalized spacial score (nSPS) is 11.4. The molecule has 0 unspecified atom stereocenters. The van der Waals surface area contributed by atoms with Gasteiger partial charge in [0.15, 0.2) is 6.61 Å². The smallest absolute Gasteiger partial charge is 0.255 e. The third-order valence-corrected chi connectivity index (χ3v) is 4.99. The Balaban J connectivity index is 1.64. The zero-order chi connectivity index (χ0) is 19.4. The van der Waals surface area contributed by atoms with Gasteiger partial charge in [-0.25, -0.2) is 13.1 Å². The topological polar surface area (TPSA) is 142 Å². The van der Waals surface area contributed by atoms with Crippen molar-refractivity contribution in [1.82, 2.24) is 19.4 Å². The summed E-state index contributed by atoms with van der Waals surface area (Å²) in [6.07, 6.45) is 1.84. The number of nitrogens with one attached hydrogen (secondary N) is 1. The molecule has 10 nitrogen and oxygen atoms in total. The van der Waals surface area contributed by atoms with Crippen LogP contribution in [-0.4, -0.2) is 35.6 Å². The zero-order valence-corrected chi connectivity index (χ0v) is 15.1. The third-order valence-electron chi connectivity index (χ3n) is 3.57. The van der Waals surface area contributed by atoms with Gasteiger partial charge in [0.25, 0.3) is 5.91 Å². The molecule has 0 aliphatic carbocycles. The van der Waals surface area contributed by atoms with Crippen LogP contribution in [0.2, 0.25) is 0 Å². The Morgan fingerprint density at radius 2 is 2.04 bits per heavy atom. The predicted molar refractivity (Wildman–Crippen MR) is 93.9 cm³/mol. The Hall–Kier alpha value is -3.18. The molecule has 142 valence electrons. The first-order valence-electron chi connectivity index (χ1n) is 7.80. The molecule has 0 aliphatic heterocycles. The molecule has 1 aromatic carbocycles. The fourth-order valence-electron chi connectivity index (χ4n) is 2.23. The van der Waals surface area contributed by atoms with Crippen LogP contribution in [0.25, 0.3) is 11.5 Å². The first-order chi connectivity index (χ1) is 12.8. The number of nitrogens with two attached hydrogens (primary N) is 1. The van der Waals surface area contributed by atoms with Gasteiger partial charge in [-0.2, -0.15) is 4.98 Å². The highest BCUT2D eigenvalue weighted by Crippen LogP contribution is 2.17. The van der Waals surface area contributed by atoms with E-state index in [0.717, 1.165) is 5.69 Å². The molecular formula is C16H17N5O5S. The molecule has 1 amide bonds. The van der Waals surface area contributed by atoms with Gasteiger partial charge < -0.3 is 19.6 Å². The summed E-state index contributed by atoms with van der Waals surface area (Å²) >= 11 is 0. The number of rotatable bonds is 8. The largest absolute Gasteiger partial charge is 0.484 e. The van der Waals surface area contributed by atoms with E-state index in [2.05, 4.69) is 14.9 Å². The number of amides is 1. The molecular weight excluding hydrogens is 374 g/mol. The number of hydrogen-bond acceptors (Lipinski definition) is 7. The Labute approximate surface area is 155 Å². The van der Waals surface area contributed by atoms with Crippen molar-refractivity contribution in [2.24, 2.45) is 12.8 Å². The lowest BCUT2D eigenvalue weighted by Gasteiger charge is -2.07. The highest BCUT2D eigenvalue weighted by Gasteiger charge is 2.17. The van der Waals surface area contributed by atoms with Gasteiger partial charge in [0.2, 0.25) is 21.7 Å². The van der Waals surface area contributed by atoms with Crippen LogP contribution in [0.3, 0.4) is 0 Å². The Morgan fingerprint density at radius 3 is 2.67 bits per heavy atom. The highest BCUT2D eigenvalue weighted by molar-refractivity contribution is 7.89. The van der Waals surface area contributed by atoms with E-state index in [0.29, 0.717) is 11.6 Å². The van der Waals surface area contributed by atoms with Gasteiger partial charge >= 0.3 is 0 Å². The molecule has 0 aliphatic rings. The first-order valence-corrected chi connectivity index (χ1v) is 9.28. The van der Waals surface area contributed by atoms with Crippen LogP contribution in [0.4, 0.5) is 0 Å². The lowest BCUT2D eigenvalue weighted by Crippen LogP contribution is -2.23. The maximum absolute atomic E-state index is 12.4. The standard InChI is InChI=1S/C16H17N5O5S/c1-21-8-2-3-13(21)16-19-15(26-20-16)9-18-27(23,24)12-6-4-11(5-7-12)25-10-14(17)22/h2-8,18H,9-10H2,1H3,(H2,17,22). The van der Waals surface area contributed by atoms with Crippen LogP contribution in [0, 0.1) is 0 Å². The average molecular weight is 391 g/mol. The number of aromatic nitrogens is 3. The molecule has 3 aromatic rings. The SMILES string of the molecule is Cn1cccc1-c1noc(CNS(=O)(=O)c2ccc(OCC(N)=O)cc2)n1. The lowest BCUT2D eigenvalue weighted by molar-refractivity contribution is -0.119. The maximum Gasteiger partial charge on any atom is 0.255 e. The number of primary amides is 1. The van der Waals surface area contributed by atoms with Gasteiger partial charge in [0.05, 0.1) is 17.1 Å². The van der Waals surface area contributed by atoms with Gasteiger partial charge in [-0.1, -0.05) is 5.16 Å². The number of carbonyl (C=O) groups excluding carboxylic acids is 1. The monoisotopic (exact) mass is 391 g/mol. The zero-order valence-electron chi connectivity index (χ0n) is 14.3. The van der Waals surface area contributed by atoms with Crippen molar-refractivity contribution in [3.8, 4) is 17.3 Å². The number of nitrogens with zero attached hydrogens (tertiary/aromatic N) is 3. The summed E-state index contributed by atoms with van der Waals surface area (Å²) in [7, 11) is -1.95. The Morgan fingerprint density at radius 1 is 1.30 bits per heavy atom. The molecule has 0 spiro atoms. The van der Waals surface area contributed by atoms with Crippen LogP contribution in [-0.2, 0) is 28.4 Å². The van der Waals surface area contributed by atoms with Crippen LogP contribution in [0.15, 0.2) is 52.0 Å². The highest BCUT2D eigenvalue weighted by atomic mass is 32.2. The molecule has 0 radical (unpaired) electrons. The van der Waals surface area contributed by atoms with Crippen molar-refractivity contribution >= 4 is 15.9 Å². The lowest BCUT2D eigenvalue weighted by atomic mass is 10.3. The summed E-state index contributed by atoms with van der Waals surface area (Å²) in [5.41, 5.74) is 5.73. The Kier molecular flexibility index (Phi) is 5.23. The molecule has 27 heavy (non-hydrogen) atoms. The summed E-state index contributed by atoms with van der Waals surface area (Å²) in [6.45, 7) is -0.440. The van der Waals surface area contributed by atoms with E-state index in [4.69, 9.17) is 15.0 Å². The molecule has 11 heteroatoms. The molecule has 2 aromatic heterocycles. The fraction of sp³-hybridized carbons (Fsp3) is 0.188. The van der Waals surface area contributed by atoms with Gasteiger partial charge in [-0.15, -0.1) is 0 Å². The van der Waals surface area contributed by atoms with Crippen LogP contribution in [0.1, 0.15) is 5.89 Å². The summed E-state index contributed by atoms with van der Waals surface area (Å²) in [5.74, 6) is 0.211. The van der Waals surface area contributed by atoms with Crippen molar-refractivity contribution in [3.63, 3.8) is 0 Å². The second kappa shape index (κ2) is 7.60. The summed E-state index contributed by atoms with van der Waals surface area (Å²) < 4.78 is 39.1. The van der Waals surface area contributed by atoms with E-state index < -0.39 is 15.9 Å². The molecule has 3 rings (SSSR count). The molecule has 3 N–H and O–H groups in total. The summed E-state index contributed by atoms with van der Waals surface area (Å²) in [5, 5.41) is 3.84. The van der Waals surface area contributed by atoms with E-state index >= 15 is 0 Å². The first kappa shape index (κ1) is 18.6. The molecule has 0 fully saturated rings. The van der Waals surface area contributed by atoms with Gasteiger partial charge in [0, 0.05) is 13.2 Å². The van der Waals surface area contributed by atoms with Crippen molar-refractivity contribution in [1.29, 1.82) is 0 Å². The number of ether oxygens (including phenoxy) is 1. The van der Waals surface area contributed by atoms with E-state index in [9.17, 15) is 13.2 Å². The van der Waals surface area contributed by atoms with E-state index in [1.807, 2.05) is 29.9 Å². The summed E-state index contributed by atoms with van der Waals surface area (Å²) in [6, 6.07) is 9.21. The number of sulfonamides is 1. The van der Waals surface area contributed by atoms with E-state index in [-0.39, 0.29) is 23.9 Å². The van der Waals surface area contributed by atoms with Crippen molar-refractivity contribution in [3.05, 3.63) is 48.5 Å². The van der Waals surface area contributed by atoms with E-state index in [1.54, 1.807) is 0 Å². The van der Waals surface area contributed by atoms with E-state index in [1.165, 1.54) is 24.3 Å². The maximum atomic E-state index is 12.4. The minimum absolute atomic E-state index is 0.0242. The molecule has 2 heterocycles. The van der Waals surface area contributed by atoms with Crippen LogP contribution in [0.5, 0.6) is 5.75 Å². The number of aryl methyl sites for hydroxylation is 1. The van der Waals surface area contributed by atoms with Crippen LogP contribution >= 0.6 is 0 Å². The van der Waals surface area contributed by atoms with Crippen molar-refractivity contribution in [2.75, 3.05) is 6.61 Å². The van der Waals surface area contributed by atoms with Gasteiger partial charge in [-0.05, 0) is 36.4 Å². The number of benzene rings is 1. The van der Waals surface area contributed by atoms with Gasteiger partial charge in [0.1, 0.15) is 5.75 Å². The fourth-order valence-corrected chi connectivity index (χ4v) is 3.21. The number of hydrogen-bond donors (Lipinski definition) is 2. The second-order valence-corrected chi connectivity index (χ2v) is 7.33. The minimum atomic E-state index is -3.79.